The Hall–Kier alpha value is -3.31. The topological polar surface area (TPSA) is 88.9 Å². The van der Waals surface area contributed by atoms with Crippen molar-refractivity contribution >= 4 is 16.9 Å². The molecule has 150 valence electrons. The number of nitriles is 1. The fourth-order valence-electron chi connectivity index (χ4n) is 3.62. The van der Waals surface area contributed by atoms with Gasteiger partial charge in [0.25, 0.3) is 5.56 Å². The van der Waals surface area contributed by atoms with Crippen LogP contribution >= 0.6 is 0 Å². The van der Waals surface area contributed by atoms with Gasteiger partial charge in [0, 0.05) is 52.1 Å². The van der Waals surface area contributed by atoms with Gasteiger partial charge in [-0.2, -0.15) is 5.26 Å². The molecule has 0 aliphatic carbocycles. The molecule has 1 aliphatic rings. The number of hydrogen-bond donors (Lipinski definition) is 1. The molecule has 8 heteroatoms. The van der Waals surface area contributed by atoms with E-state index >= 15 is 0 Å². The molecule has 0 spiro atoms. The van der Waals surface area contributed by atoms with Gasteiger partial charge in [0.1, 0.15) is 6.07 Å². The minimum Gasteiger partial charge on any atom is -0.352 e. The van der Waals surface area contributed by atoms with E-state index < -0.39 is 5.82 Å². The van der Waals surface area contributed by atoms with Gasteiger partial charge in [-0.1, -0.05) is 6.92 Å². The van der Waals surface area contributed by atoms with Gasteiger partial charge >= 0.3 is 0 Å². The minimum absolute atomic E-state index is 0. The van der Waals surface area contributed by atoms with Crippen molar-refractivity contribution in [1.82, 2.24) is 19.9 Å². The summed E-state index contributed by atoms with van der Waals surface area (Å²) in [6.45, 7) is 5.46. The van der Waals surface area contributed by atoms with Gasteiger partial charge < -0.3 is 9.88 Å². The van der Waals surface area contributed by atoms with Crippen LogP contribution in [-0.2, 0) is 13.0 Å². The Morgan fingerprint density at radius 3 is 2.69 bits per heavy atom. The average Bonchev–Trinajstić information content (AvgIpc) is 2.74. The normalized spacial score (nSPS) is 14.9. The number of H-pyrrole nitrogens is 1. The summed E-state index contributed by atoms with van der Waals surface area (Å²) in [4.78, 5) is 27.7. The van der Waals surface area contributed by atoms with Crippen molar-refractivity contribution in [2.75, 3.05) is 31.1 Å². The first kappa shape index (κ1) is 19.0. The number of aromatic amines is 1. The lowest BCUT2D eigenvalue weighted by molar-refractivity contribution is 0.248. The molecule has 3 aromatic rings. The standard InChI is InChI=1S/C21H21FN6O.H2/c1-2-16-9-18-19(26-21(16)29)8-15(12-24-18)13-27-3-5-28(6-4-27)20-17(22)7-14(10-23)11-25-20;/h7-9,11-12H,2-6,13H2,1H3,(H,26,29);1H. The van der Waals surface area contributed by atoms with Crippen LogP contribution in [0.1, 0.15) is 25.0 Å². The van der Waals surface area contributed by atoms with Crippen LogP contribution in [0.4, 0.5) is 10.2 Å². The van der Waals surface area contributed by atoms with Crippen molar-refractivity contribution in [2.45, 2.75) is 19.9 Å². The number of piperazine rings is 1. The van der Waals surface area contributed by atoms with Crippen LogP contribution in [0.3, 0.4) is 0 Å². The number of rotatable bonds is 4. The van der Waals surface area contributed by atoms with Crippen molar-refractivity contribution in [3.63, 3.8) is 0 Å². The van der Waals surface area contributed by atoms with E-state index in [9.17, 15) is 9.18 Å². The van der Waals surface area contributed by atoms with E-state index in [1.54, 1.807) is 0 Å². The Morgan fingerprint density at radius 2 is 2.00 bits per heavy atom. The van der Waals surface area contributed by atoms with Gasteiger partial charge in [-0.05, 0) is 30.2 Å². The van der Waals surface area contributed by atoms with Gasteiger partial charge in [-0.3, -0.25) is 14.7 Å². The highest BCUT2D eigenvalue weighted by molar-refractivity contribution is 5.74. The maximum Gasteiger partial charge on any atom is 0.251 e. The van der Waals surface area contributed by atoms with Gasteiger partial charge in [-0.15, -0.1) is 0 Å². The molecule has 7 nitrogen and oxygen atoms in total. The number of aromatic nitrogens is 3. The highest BCUT2D eigenvalue weighted by atomic mass is 19.1. The third-order valence-corrected chi connectivity index (χ3v) is 5.24. The van der Waals surface area contributed by atoms with Crippen LogP contribution in [-0.4, -0.2) is 46.0 Å². The van der Waals surface area contributed by atoms with E-state index in [-0.39, 0.29) is 12.5 Å². The summed E-state index contributed by atoms with van der Waals surface area (Å²) in [5.41, 5.74) is 3.44. The molecule has 3 aromatic heterocycles. The number of nitrogens with one attached hydrogen (secondary N) is 1. The first-order chi connectivity index (χ1) is 14.1. The number of aryl methyl sites for hydroxylation is 1. The average molecular weight is 394 g/mol. The number of nitrogens with zero attached hydrogens (tertiary/aromatic N) is 5. The molecule has 29 heavy (non-hydrogen) atoms. The molecule has 1 saturated heterocycles. The first-order valence-corrected chi connectivity index (χ1v) is 9.61. The quantitative estimate of drug-likeness (QED) is 0.731. The molecular weight excluding hydrogens is 371 g/mol. The minimum atomic E-state index is -0.466. The Labute approximate surface area is 168 Å². The van der Waals surface area contributed by atoms with Crippen LogP contribution in [0, 0.1) is 17.1 Å². The second kappa shape index (κ2) is 7.97. The Morgan fingerprint density at radius 1 is 1.21 bits per heavy atom. The smallest absolute Gasteiger partial charge is 0.251 e. The predicted molar refractivity (Wildman–Crippen MR) is 110 cm³/mol. The molecule has 0 amide bonds. The van der Waals surface area contributed by atoms with Gasteiger partial charge in [-0.25, -0.2) is 9.37 Å². The molecule has 1 aliphatic heterocycles. The van der Waals surface area contributed by atoms with E-state index in [1.807, 2.05) is 36.2 Å². The Kier molecular flexibility index (Phi) is 5.23. The lowest BCUT2D eigenvalue weighted by Crippen LogP contribution is -2.46. The molecule has 4 rings (SSSR count). The molecule has 4 heterocycles. The van der Waals surface area contributed by atoms with Crippen molar-refractivity contribution in [2.24, 2.45) is 0 Å². The third-order valence-electron chi connectivity index (χ3n) is 5.24. The Balaban J connectivity index is 0.00000256. The zero-order chi connectivity index (χ0) is 20.4. The fraction of sp³-hybridized carbons (Fsp3) is 0.333. The second-order valence-electron chi connectivity index (χ2n) is 7.16. The molecule has 1 fully saturated rings. The Bertz CT molecular complexity index is 1150. The number of pyridine rings is 3. The number of halogens is 1. The zero-order valence-electron chi connectivity index (χ0n) is 16.2. The summed E-state index contributed by atoms with van der Waals surface area (Å²) in [5, 5.41) is 8.84. The maximum absolute atomic E-state index is 14.2. The molecule has 0 bridgehead atoms. The number of fused-ring (bicyclic) bond motifs is 1. The molecular formula is C21H23FN6O. The molecule has 0 radical (unpaired) electrons. The summed E-state index contributed by atoms with van der Waals surface area (Å²) in [7, 11) is 0. The van der Waals surface area contributed by atoms with E-state index in [0.717, 1.165) is 35.2 Å². The lowest BCUT2D eigenvalue weighted by Gasteiger charge is -2.35. The second-order valence-corrected chi connectivity index (χ2v) is 7.16. The molecule has 0 unspecified atom stereocenters. The van der Waals surface area contributed by atoms with Crippen molar-refractivity contribution in [3.05, 3.63) is 63.5 Å². The van der Waals surface area contributed by atoms with Gasteiger partial charge in [0.2, 0.25) is 0 Å². The largest absolute Gasteiger partial charge is 0.352 e. The summed E-state index contributed by atoms with van der Waals surface area (Å²) in [6.07, 6.45) is 3.91. The molecule has 0 saturated carbocycles. The van der Waals surface area contributed by atoms with Gasteiger partial charge in [0.15, 0.2) is 11.6 Å². The molecule has 0 aromatic carbocycles. The third kappa shape index (κ3) is 3.96. The van der Waals surface area contributed by atoms with E-state index in [2.05, 4.69) is 19.9 Å². The first-order valence-electron chi connectivity index (χ1n) is 9.61. The molecule has 1 N–H and O–H groups in total. The maximum atomic E-state index is 14.2. The van der Waals surface area contributed by atoms with Crippen LogP contribution < -0.4 is 10.5 Å². The number of hydrogen-bond acceptors (Lipinski definition) is 6. The summed E-state index contributed by atoms with van der Waals surface area (Å²) in [6, 6.07) is 6.93. The lowest BCUT2D eigenvalue weighted by atomic mass is 10.1. The van der Waals surface area contributed by atoms with Crippen LogP contribution in [0.2, 0.25) is 0 Å². The summed E-state index contributed by atoms with van der Waals surface area (Å²) < 4.78 is 14.2. The summed E-state index contributed by atoms with van der Waals surface area (Å²) >= 11 is 0. The van der Waals surface area contributed by atoms with Crippen molar-refractivity contribution in [3.8, 4) is 6.07 Å². The highest BCUT2D eigenvalue weighted by Crippen LogP contribution is 2.20. The van der Waals surface area contributed by atoms with E-state index in [0.29, 0.717) is 31.9 Å². The van der Waals surface area contributed by atoms with Crippen LogP contribution in [0.5, 0.6) is 0 Å². The van der Waals surface area contributed by atoms with E-state index in [4.69, 9.17) is 5.26 Å². The van der Waals surface area contributed by atoms with Gasteiger partial charge in [0.05, 0.1) is 16.6 Å². The van der Waals surface area contributed by atoms with Crippen LogP contribution in [0.15, 0.2) is 35.4 Å². The predicted octanol–water partition coefficient (Wildman–Crippen LogP) is 2.46. The fourth-order valence-corrected chi connectivity index (χ4v) is 3.62. The van der Waals surface area contributed by atoms with E-state index in [1.165, 1.54) is 12.3 Å². The highest BCUT2D eigenvalue weighted by Gasteiger charge is 2.21. The van der Waals surface area contributed by atoms with Crippen LogP contribution in [0.25, 0.3) is 11.0 Å². The molecule has 0 atom stereocenters. The zero-order valence-corrected chi connectivity index (χ0v) is 16.2. The van der Waals surface area contributed by atoms with Crippen molar-refractivity contribution < 1.29 is 5.82 Å². The number of anilines is 1. The monoisotopic (exact) mass is 394 g/mol. The summed E-state index contributed by atoms with van der Waals surface area (Å²) in [5.74, 6) is -0.174. The van der Waals surface area contributed by atoms with Crippen molar-refractivity contribution in [1.29, 1.82) is 5.26 Å². The SMILES string of the molecule is CCc1cc2ncc(CN3CCN(c4ncc(C#N)cc4F)CC3)cc2[nH]c1=O.[HH].